The van der Waals surface area contributed by atoms with E-state index >= 15 is 0 Å². The van der Waals surface area contributed by atoms with Gasteiger partial charge in [-0.3, -0.25) is 9.69 Å². The summed E-state index contributed by atoms with van der Waals surface area (Å²) >= 11 is 0. The van der Waals surface area contributed by atoms with Crippen molar-refractivity contribution in [3.8, 4) is 5.75 Å². The fourth-order valence-electron chi connectivity index (χ4n) is 2.16. The zero-order chi connectivity index (χ0) is 16.3. The molecule has 2 rings (SSSR count). The molecule has 1 amide bonds. The zero-order valence-electron chi connectivity index (χ0n) is 13.3. The van der Waals surface area contributed by atoms with Gasteiger partial charge in [0.05, 0.1) is 12.8 Å². The van der Waals surface area contributed by atoms with Crippen LogP contribution >= 0.6 is 0 Å². The first kappa shape index (κ1) is 16.1. The molecule has 1 aromatic rings. The van der Waals surface area contributed by atoms with Gasteiger partial charge in [0.1, 0.15) is 23.9 Å². The summed E-state index contributed by atoms with van der Waals surface area (Å²) in [5.74, 6) is -0.439. The molecule has 1 aliphatic heterocycles. The molecule has 1 heterocycles. The van der Waals surface area contributed by atoms with E-state index in [0.717, 1.165) is 0 Å². The number of amides is 1. The van der Waals surface area contributed by atoms with Crippen LogP contribution in [0, 0.1) is 5.92 Å². The molecule has 0 bridgehead atoms. The maximum atomic E-state index is 12.5. The van der Waals surface area contributed by atoms with Crippen molar-refractivity contribution in [1.82, 2.24) is 0 Å². The summed E-state index contributed by atoms with van der Waals surface area (Å²) in [5, 5.41) is 0. The highest BCUT2D eigenvalue weighted by Crippen LogP contribution is 2.33. The van der Waals surface area contributed by atoms with E-state index < -0.39 is 23.6 Å². The lowest BCUT2D eigenvalue weighted by Gasteiger charge is -2.27. The van der Waals surface area contributed by atoms with Crippen molar-refractivity contribution in [2.75, 3.05) is 25.2 Å². The minimum Gasteiger partial charge on any atom is -0.490 e. The van der Waals surface area contributed by atoms with Crippen LogP contribution in [0.25, 0.3) is 0 Å². The Balaban J connectivity index is 2.33. The van der Waals surface area contributed by atoms with Crippen molar-refractivity contribution in [3.05, 3.63) is 24.3 Å². The van der Waals surface area contributed by atoms with E-state index in [1.54, 1.807) is 39.0 Å². The highest BCUT2D eigenvalue weighted by atomic mass is 16.6. The van der Waals surface area contributed by atoms with Crippen molar-refractivity contribution in [2.45, 2.75) is 26.4 Å². The molecule has 1 aromatic carbocycles. The van der Waals surface area contributed by atoms with Gasteiger partial charge in [0.25, 0.3) is 0 Å². The number of esters is 1. The quantitative estimate of drug-likeness (QED) is 0.746. The summed E-state index contributed by atoms with van der Waals surface area (Å²) < 4.78 is 15.9. The molecule has 0 radical (unpaired) electrons. The lowest BCUT2D eigenvalue weighted by molar-refractivity contribution is -0.145. The van der Waals surface area contributed by atoms with Crippen LogP contribution in [-0.2, 0) is 14.3 Å². The number of carbonyl (C=O) groups is 2. The molecule has 0 spiro atoms. The summed E-state index contributed by atoms with van der Waals surface area (Å²) in [6.07, 6.45) is -0.514. The number of fused-ring (bicyclic) bond motifs is 1. The van der Waals surface area contributed by atoms with Crippen molar-refractivity contribution < 1.29 is 23.8 Å². The third-order valence-electron chi connectivity index (χ3n) is 3.15. The number of ether oxygens (including phenoxy) is 3. The molecular formula is C16H21NO5. The van der Waals surface area contributed by atoms with Gasteiger partial charge < -0.3 is 14.2 Å². The molecule has 6 heteroatoms. The topological polar surface area (TPSA) is 65.1 Å². The fraction of sp³-hybridized carbons (Fsp3) is 0.500. The average Bonchev–Trinajstić information content (AvgIpc) is 2.64. The number of hydrogen-bond acceptors (Lipinski definition) is 5. The molecule has 1 unspecified atom stereocenters. The van der Waals surface area contributed by atoms with E-state index in [1.165, 1.54) is 12.0 Å². The van der Waals surface area contributed by atoms with E-state index in [4.69, 9.17) is 14.2 Å². The van der Waals surface area contributed by atoms with Gasteiger partial charge in [0.2, 0.25) is 0 Å². The van der Waals surface area contributed by atoms with Gasteiger partial charge in [-0.15, -0.1) is 0 Å². The molecule has 0 N–H and O–H groups in total. The van der Waals surface area contributed by atoms with Crippen LogP contribution in [-0.4, -0.2) is 37.9 Å². The number of anilines is 1. The third-order valence-corrected chi connectivity index (χ3v) is 3.15. The molecule has 22 heavy (non-hydrogen) atoms. The fourth-order valence-corrected chi connectivity index (χ4v) is 2.16. The molecule has 120 valence electrons. The first-order valence-corrected chi connectivity index (χ1v) is 7.12. The van der Waals surface area contributed by atoms with Crippen molar-refractivity contribution >= 4 is 17.7 Å². The molecule has 0 saturated heterocycles. The average molecular weight is 307 g/mol. The van der Waals surface area contributed by atoms with E-state index in [9.17, 15) is 9.59 Å². The minimum atomic E-state index is -0.625. The summed E-state index contributed by atoms with van der Waals surface area (Å²) in [6.45, 7) is 5.69. The second-order valence-corrected chi connectivity index (χ2v) is 6.09. The smallest absolute Gasteiger partial charge is 0.414 e. The van der Waals surface area contributed by atoms with Gasteiger partial charge in [-0.2, -0.15) is 0 Å². The number of carbonyl (C=O) groups excluding carboxylic acids is 2. The number of para-hydroxylation sites is 2. The number of methoxy groups -OCH3 is 1. The maximum absolute atomic E-state index is 12.5. The van der Waals surface area contributed by atoms with E-state index in [-0.39, 0.29) is 13.2 Å². The predicted molar refractivity (Wildman–Crippen MR) is 81.0 cm³/mol. The molecule has 1 aliphatic rings. The Hall–Kier alpha value is -2.24. The lowest BCUT2D eigenvalue weighted by atomic mass is 10.1. The zero-order valence-corrected chi connectivity index (χ0v) is 13.3. The number of hydrogen-bond donors (Lipinski definition) is 0. The van der Waals surface area contributed by atoms with Gasteiger partial charge in [0.15, 0.2) is 0 Å². The normalized spacial score (nSPS) is 17.8. The first-order chi connectivity index (χ1) is 10.3. The van der Waals surface area contributed by atoms with Crippen molar-refractivity contribution in [3.63, 3.8) is 0 Å². The van der Waals surface area contributed by atoms with Gasteiger partial charge in [0, 0.05) is 6.54 Å². The highest BCUT2D eigenvalue weighted by molar-refractivity contribution is 5.91. The summed E-state index contributed by atoms with van der Waals surface area (Å²) in [6, 6.07) is 7.13. The van der Waals surface area contributed by atoms with E-state index in [1.807, 2.05) is 6.07 Å². The van der Waals surface area contributed by atoms with Crippen LogP contribution in [0.1, 0.15) is 20.8 Å². The van der Waals surface area contributed by atoms with Crippen LogP contribution < -0.4 is 9.64 Å². The van der Waals surface area contributed by atoms with Gasteiger partial charge in [-0.25, -0.2) is 4.79 Å². The molecule has 6 nitrogen and oxygen atoms in total. The Morgan fingerprint density at radius 3 is 2.59 bits per heavy atom. The minimum absolute atomic E-state index is 0.151. The van der Waals surface area contributed by atoms with E-state index in [2.05, 4.69) is 0 Å². The van der Waals surface area contributed by atoms with Crippen LogP contribution in [0.15, 0.2) is 24.3 Å². The third kappa shape index (κ3) is 3.69. The van der Waals surface area contributed by atoms with Gasteiger partial charge in [-0.1, -0.05) is 12.1 Å². The number of rotatable bonds is 1. The SMILES string of the molecule is COC(=O)C1COc2ccccc2N(C(=O)OC(C)(C)C)C1. The van der Waals surface area contributed by atoms with Crippen LogP contribution in [0.2, 0.25) is 0 Å². The molecule has 0 aromatic heterocycles. The lowest BCUT2D eigenvalue weighted by Crippen LogP contribution is -2.41. The summed E-state index contributed by atoms with van der Waals surface area (Å²) in [7, 11) is 1.32. The Bertz CT molecular complexity index is 564. The van der Waals surface area contributed by atoms with Crippen molar-refractivity contribution in [2.24, 2.45) is 5.92 Å². The van der Waals surface area contributed by atoms with Crippen LogP contribution in [0.4, 0.5) is 10.5 Å². The Labute approximate surface area is 129 Å². The largest absolute Gasteiger partial charge is 0.490 e. The van der Waals surface area contributed by atoms with Crippen molar-refractivity contribution in [1.29, 1.82) is 0 Å². The second-order valence-electron chi connectivity index (χ2n) is 6.09. The molecular weight excluding hydrogens is 286 g/mol. The summed E-state index contributed by atoms with van der Waals surface area (Å²) in [4.78, 5) is 25.8. The van der Waals surface area contributed by atoms with E-state index in [0.29, 0.717) is 11.4 Å². The Morgan fingerprint density at radius 1 is 1.27 bits per heavy atom. The predicted octanol–water partition coefficient (Wildman–Crippen LogP) is 2.61. The number of nitrogens with zero attached hydrogens (tertiary/aromatic N) is 1. The molecule has 0 aliphatic carbocycles. The Morgan fingerprint density at radius 2 is 1.95 bits per heavy atom. The van der Waals surface area contributed by atoms with Gasteiger partial charge >= 0.3 is 12.1 Å². The van der Waals surface area contributed by atoms with Crippen LogP contribution in [0.5, 0.6) is 5.75 Å². The highest BCUT2D eigenvalue weighted by Gasteiger charge is 2.33. The maximum Gasteiger partial charge on any atom is 0.414 e. The number of benzene rings is 1. The van der Waals surface area contributed by atoms with Gasteiger partial charge in [-0.05, 0) is 32.9 Å². The second kappa shape index (κ2) is 6.25. The summed E-state index contributed by atoms with van der Waals surface area (Å²) in [5.41, 5.74) is -0.0388. The molecule has 0 saturated carbocycles. The molecule has 0 fully saturated rings. The standard InChI is InChI=1S/C16H21NO5/c1-16(2,3)22-15(19)17-9-11(14(18)20-4)10-21-13-8-6-5-7-12(13)17/h5-8,11H,9-10H2,1-4H3. The first-order valence-electron chi connectivity index (χ1n) is 7.12. The molecule has 1 atom stereocenters. The monoisotopic (exact) mass is 307 g/mol. The Kier molecular flexibility index (Phi) is 4.59. The van der Waals surface area contributed by atoms with Crippen LogP contribution in [0.3, 0.4) is 0 Å².